The Kier molecular flexibility index (Phi) is 5.18. The van der Waals surface area contributed by atoms with Crippen LogP contribution in [0.5, 0.6) is 5.75 Å². The minimum absolute atomic E-state index is 0.0455. The summed E-state index contributed by atoms with van der Waals surface area (Å²) < 4.78 is 5.84. The van der Waals surface area contributed by atoms with Crippen molar-refractivity contribution in [1.82, 2.24) is 10.2 Å². The predicted octanol–water partition coefficient (Wildman–Crippen LogP) is 3.14. The highest BCUT2D eigenvalue weighted by atomic mass is 35.5. The molecule has 1 N–H and O–H groups in total. The number of nitrogens with one attached hydrogen (secondary N) is 1. The maximum Gasteiger partial charge on any atom is 0.125 e. The van der Waals surface area contributed by atoms with Gasteiger partial charge in [0.05, 0.1) is 6.61 Å². The number of halogens is 1. The van der Waals surface area contributed by atoms with Crippen LogP contribution < -0.4 is 10.1 Å². The van der Waals surface area contributed by atoms with Crippen molar-refractivity contribution >= 4 is 11.6 Å². The van der Waals surface area contributed by atoms with Crippen LogP contribution in [0.15, 0.2) is 12.1 Å². The van der Waals surface area contributed by atoms with E-state index in [1.807, 2.05) is 6.07 Å². The molecule has 0 bridgehead atoms. The lowest BCUT2D eigenvalue weighted by Crippen LogP contribution is -2.56. The second-order valence-electron chi connectivity index (χ2n) is 6.51. The van der Waals surface area contributed by atoms with Gasteiger partial charge < -0.3 is 15.0 Å². The zero-order chi connectivity index (χ0) is 15.6. The molecule has 21 heavy (non-hydrogen) atoms. The first kappa shape index (κ1) is 16.6. The van der Waals surface area contributed by atoms with E-state index in [-0.39, 0.29) is 5.54 Å². The van der Waals surface area contributed by atoms with Gasteiger partial charge in [-0.2, -0.15) is 0 Å². The zero-order valence-corrected chi connectivity index (χ0v) is 14.5. The van der Waals surface area contributed by atoms with Crippen LogP contribution in [0.1, 0.15) is 31.9 Å². The molecular formula is C17H27ClN2O. The summed E-state index contributed by atoms with van der Waals surface area (Å²) in [6.45, 7) is 8.41. The Labute approximate surface area is 133 Å². The van der Waals surface area contributed by atoms with Gasteiger partial charge in [-0.3, -0.25) is 0 Å². The SMILES string of the molecule is CCNC(Cc1cc(Cl)cc2c1OCC2)C(C)(C)N(C)C. The van der Waals surface area contributed by atoms with Crippen LogP contribution in [0.2, 0.25) is 5.02 Å². The third kappa shape index (κ3) is 3.53. The molecule has 118 valence electrons. The van der Waals surface area contributed by atoms with E-state index in [0.29, 0.717) is 6.04 Å². The van der Waals surface area contributed by atoms with Gasteiger partial charge in [0, 0.05) is 23.0 Å². The summed E-state index contributed by atoms with van der Waals surface area (Å²) in [5.41, 5.74) is 2.51. The van der Waals surface area contributed by atoms with Gasteiger partial charge in [0.1, 0.15) is 5.75 Å². The topological polar surface area (TPSA) is 24.5 Å². The van der Waals surface area contributed by atoms with Gasteiger partial charge in [0.25, 0.3) is 0 Å². The Bertz CT molecular complexity index is 500. The molecule has 1 atom stereocenters. The molecule has 0 aliphatic carbocycles. The highest BCUT2D eigenvalue weighted by Gasteiger charge is 2.32. The van der Waals surface area contributed by atoms with Gasteiger partial charge in [0.15, 0.2) is 0 Å². The van der Waals surface area contributed by atoms with Crippen molar-refractivity contribution < 1.29 is 4.74 Å². The smallest absolute Gasteiger partial charge is 0.125 e. The summed E-state index contributed by atoms with van der Waals surface area (Å²) in [6, 6.07) is 4.43. The van der Waals surface area contributed by atoms with Crippen molar-refractivity contribution in [2.75, 3.05) is 27.2 Å². The summed E-state index contributed by atoms with van der Waals surface area (Å²) >= 11 is 6.28. The Morgan fingerprint density at radius 1 is 1.38 bits per heavy atom. The summed E-state index contributed by atoms with van der Waals surface area (Å²) in [4.78, 5) is 2.27. The molecule has 0 radical (unpaired) electrons. The number of benzene rings is 1. The van der Waals surface area contributed by atoms with E-state index in [9.17, 15) is 0 Å². The average Bonchev–Trinajstić information content (AvgIpc) is 2.85. The number of nitrogens with zero attached hydrogens (tertiary/aromatic N) is 1. The summed E-state index contributed by atoms with van der Waals surface area (Å²) in [5, 5.41) is 4.44. The maximum atomic E-state index is 6.28. The second-order valence-corrected chi connectivity index (χ2v) is 6.95. The van der Waals surface area contributed by atoms with Gasteiger partial charge in [0.2, 0.25) is 0 Å². The fourth-order valence-electron chi connectivity index (χ4n) is 2.85. The van der Waals surface area contributed by atoms with Crippen LogP contribution in [0.3, 0.4) is 0 Å². The molecule has 1 aliphatic heterocycles. The van der Waals surface area contributed by atoms with E-state index < -0.39 is 0 Å². The highest BCUT2D eigenvalue weighted by molar-refractivity contribution is 6.30. The Hall–Kier alpha value is -0.770. The van der Waals surface area contributed by atoms with Crippen molar-refractivity contribution in [3.05, 3.63) is 28.3 Å². The standard InChI is InChI=1S/C17H27ClN2O/c1-6-19-15(17(2,3)20(4)5)11-13-10-14(18)9-12-7-8-21-16(12)13/h9-10,15,19H,6-8,11H2,1-5H3. The molecule has 0 fully saturated rings. The van der Waals surface area contributed by atoms with Gasteiger partial charge >= 0.3 is 0 Å². The van der Waals surface area contributed by atoms with Crippen LogP contribution in [-0.4, -0.2) is 43.7 Å². The molecule has 0 saturated heterocycles. The van der Waals surface area contributed by atoms with E-state index in [0.717, 1.165) is 36.8 Å². The van der Waals surface area contributed by atoms with Crippen molar-refractivity contribution in [3.8, 4) is 5.75 Å². The highest BCUT2D eigenvalue weighted by Crippen LogP contribution is 2.34. The molecule has 1 heterocycles. The minimum Gasteiger partial charge on any atom is -0.493 e. The number of rotatable bonds is 6. The third-order valence-corrected chi connectivity index (χ3v) is 4.92. The molecule has 2 rings (SSSR count). The second kappa shape index (κ2) is 6.55. The molecule has 1 unspecified atom stereocenters. The van der Waals surface area contributed by atoms with E-state index in [1.54, 1.807) is 0 Å². The monoisotopic (exact) mass is 310 g/mol. The number of likely N-dealkylation sites (N-methyl/N-ethyl adjacent to an activating group) is 2. The Balaban J connectivity index is 2.30. The fraction of sp³-hybridized carbons (Fsp3) is 0.647. The summed E-state index contributed by atoms with van der Waals surface area (Å²) in [5.74, 6) is 1.05. The number of fused-ring (bicyclic) bond motifs is 1. The molecule has 0 spiro atoms. The van der Waals surface area contributed by atoms with Gasteiger partial charge in [-0.25, -0.2) is 0 Å². The molecule has 1 aliphatic rings. The van der Waals surface area contributed by atoms with Crippen LogP contribution in [-0.2, 0) is 12.8 Å². The van der Waals surface area contributed by atoms with Gasteiger partial charge in [-0.05, 0) is 64.2 Å². The van der Waals surface area contributed by atoms with E-state index in [2.05, 4.69) is 51.1 Å². The summed E-state index contributed by atoms with van der Waals surface area (Å²) in [7, 11) is 4.26. The van der Waals surface area contributed by atoms with Crippen LogP contribution in [0.4, 0.5) is 0 Å². The normalized spacial score (nSPS) is 16.0. The molecule has 1 aromatic rings. The first-order valence-corrected chi connectivity index (χ1v) is 8.09. The fourth-order valence-corrected chi connectivity index (χ4v) is 3.11. The average molecular weight is 311 g/mol. The van der Waals surface area contributed by atoms with E-state index in [1.165, 1.54) is 11.1 Å². The van der Waals surface area contributed by atoms with Crippen molar-refractivity contribution in [2.24, 2.45) is 0 Å². The molecule has 0 amide bonds. The largest absolute Gasteiger partial charge is 0.493 e. The first-order valence-electron chi connectivity index (χ1n) is 7.71. The van der Waals surface area contributed by atoms with Gasteiger partial charge in [-0.15, -0.1) is 0 Å². The molecular weight excluding hydrogens is 284 g/mol. The van der Waals surface area contributed by atoms with Crippen LogP contribution in [0, 0.1) is 0 Å². The molecule has 0 aromatic heterocycles. The lowest BCUT2D eigenvalue weighted by molar-refractivity contribution is 0.137. The Morgan fingerprint density at radius 3 is 2.71 bits per heavy atom. The van der Waals surface area contributed by atoms with Crippen molar-refractivity contribution in [3.63, 3.8) is 0 Å². The number of hydrogen-bond acceptors (Lipinski definition) is 3. The minimum atomic E-state index is 0.0455. The molecule has 3 nitrogen and oxygen atoms in total. The number of ether oxygens (including phenoxy) is 1. The predicted molar refractivity (Wildman–Crippen MR) is 89.6 cm³/mol. The quantitative estimate of drug-likeness (QED) is 0.873. The van der Waals surface area contributed by atoms with E-state index in [4.69, 9.17) is 16.3 Å². The molecule has 0 saturated carbocycles. The van der Waals surface area contributed by atoms with Crippen LogP contribution >= 0.6 is 11.6 Å². The Morgan fingerprint density at radius 2 is 2.10 bits per heavy atom. The van der Waals surface area contributed by atoms with E-state index >= 15 is 0 Å². The van der Waals surface area contributed by atoms with Crippen molar-refractivity contribution in [2.45, 2.75) is 45.2 Å². The summed E-state index contributed by atoms with van der Waals surface area (Å²) in [6.07, 6.45) is 1.88. The third-order valence-electron chi connectivity index (χ3n) is 4.71. The van der Waals surface area contributed by atoms with Crippen molar-refractivity contribution in [1.29, 1.82) is 0 Å². The lowest BCUT2D eigenvalue weighted by atomic mass is 9.87. The molecule has 4 heteroatoms. The first-order chi connectivity index (χ1) is 9.86. The zero-order valence-electron chi connectivity index (χ0n) is 13.8. The van der Waals surface area contributed by atoms with Gasteiger partial charge in [-0.1, -0.05) is 18.5 Å². The number of hydrogen-bond donors (Lipinski definition) is 1. The van der Waals surface area contributed by atoms with Crippen LogP contribution in [0.25, 0.3) is 0 Å². The molecule has 1 aromatic carbocycles. The lowest BCUT2D eigenvalue weighted by Gasteiger charge is -2.41. The maximum absolute atomic E-state index is 6.28.